The minimum absolute atomic E-state index is 0.154. The van der Waals surface area contributed by atoms with E-state index in [9.17, 15) is 9.90 Å². The van der Waals surface area contributed by atoms with Crippen LogP contribution in [0.1, 0.15) is 37.9 Å². The minimum atomic E-state index is -0.635. The van der Waals surface area contributed by atoms with E-state index in [1.807, 2.05) is 23.6 Å². The van der Waals surface area contributed by atoms with Crippen molar-refractivity contribution in [3.05, 3.63) is 59.1 Å². The number of ether oxygens (including phenoxy) is 2. The number of hydrogen-bond donors (Lipinski definition) is 2. The van der Waals surface area contributed by atoms with E-state index in [4.69, 9.17) is 26.1 Å². The number of fused-ring (bicyclic) bond motifs is 1. The van der Waals surface area contributed by atoms with Gasteiger partial charge in [0.25, 0.3) is 5.91 Å². The van der Waals surface area contributed by atoms with E-state index >= 15 is 0 Å². The number of halogens is 1. The second-order valence-electron chi connectivity index (χ2n) is 9.83. The number of amides is 1. The van der Waals surface area contributed by atoms with Gasteiger partial charge in [0.05, 0.1) is 23.4 Å². The molecule has 1 aliphatic rings. The third-order valence-corrected chi connectivity index (χ3v) is 6.55. The molecule has 1 fully saturated rings. The van der Waals surface area contributed by atoms with E-state index in [1.54, 1.807) is 31.3 Å². The Hall–Kier alpha value is -3.76. The number of aliphatic hydroxyl groups is 1. The SMILES string of the molecule is Cc1ccnc(Cn2c(-c3ccc(OCC(=O)NC[C@H](C)O)cc3Cl)nc3c(OC4(C)CC4)ncnc32)c1. The zero-order valence-electron chi connectivity index (χ0n) is 21.4. The molecule has 3 heterocycles. The Kier molecular flexibility index (Phi) is 7.18. The Balaban J connectivity index is 1.49. The maximum atomic E-state index is 11.9. The fraction of sp³-hybridized carbons (Fsp3) is 0.370. The molecule has 0 saturated heterocycles. The molecule has 0 aliphatic heterocycles. The van der Waals surface area contributed by atoms with Crippen molar-refractivity contribution in [1.82, 2.24) is 29.8 Å². The van der Waals surface area contributed by atoms with Crippen molar-refractivity contribution in [2.45, 2.75) is 51.9 Å². The minimum Gasteiger partial charge on any atom is -0.484 e. The molecule has 1 atom stereocenters. The topological polar surface area (TPSA) is 124 Å². The molecular weight excluding hydrogens is 508 g/mol. The lowest BCUT2D eigenvalue weighted by molar-refractivity contribution is -0.123. The first-order chi connectivity index (χ1) is 18.2. The summed E-state index contributed by atoms with van der Waals surface area (Å²) in [5.41, 5.74) is 3.53. The maximum Gasteiger partial charge on any atom is 0.258 e. The average Bonchev–Trinajstić information content (AvgIpc) is 3.49. The highest BCUT2D eigenvalue weighted by atomic mass is 35.5. The first kappa shape index (κ1) is 25.9. The summed E-state index contributed by atoms with van der Waals surface area (Å²) in [4.78, 5) is 30.3. The Labute approximate surface area is 225 Å². The first-order valence-corrected chi connectivity index (χ1v) is 12.8. The quantitative estimate of drug-likeness (QED) is 0.314. The van der Waals surface area contributed by atoms with Crippen LogP contribution in [0.15, 0.2) is 42.9 Å². The molecule has 4 aromatic rings. The van der Waals surface area contributed by atoms with Gasteiger partial charge in [0.2, 0.25) is 5.88 Å². The van der Waals surface area contributed by atoms with Crippen molar-refractivity contribution in [1.29, 1.82) is 0 Å². The number of carbonyl (C=O) groups is 1. The molecule has 3 aromatic heterocycles. The number of pyridine rings is 1. The van der Waals surface area contributed by atoms with E-state index in [0.717, 1.165) is 24.1 Å². The third kappa shape index (κ3) is 5.87. The smallest absolute Gasteiger partial charge is 0.258 e. The summed E-state index contributed by atoms with van der Waals surface area (Å²) in [6.07, 6.45) is 4.55. The zero-order chi connectivity index (χ0) is 26.9. The zero-order valence-corrected chi connectivity index (χ0v) is 22.2. The van der Waals surface area contributed by atoms with Crippen LogP contribution in [0.2, 0.25) is 5.02 Å². The van der Waals surface area contributed by atoms with Gasteiger partial charge in [-0.1, -0.05) is 11.6 Å². The van der Waals surface area contributed by atoms with Crippen LogP contribution < -0.4 is 14.8 Å². The molecule has 0 spiro atoms. The van der Waals surface area contributed by atoms with Gasteiger partial charge in [-0.25, -0.2) is 9.97 Å². The van der Waals surface area contributed by atoms with Gasteiger partial charge in [-0.2, -0.15) is 4.98 Å². The van der Waals surface area contributed by atoms with Crippen LogP contribution in [-0.4, -0.2) is 60.4 Å². The fourth-order valence-electron chi connectivity index (χ4n) is 3.93. The Morgan fingerprint density at radius 2 is 2.05 bits per heavy atom. The van der Waals surface area contributed by atoms with Crippen LogP contribution in [0.4, 0.5) is 0 Å². The summed E-state index contributed by atoms with van der Waals surface area (Å²) in [6, 6.07) is 9.12. The standard InChI is InChI=1S/C27H29ClN6O4/c1-16-6-9-29-18(10-16)13-34-24(33-23-25(34)31-15-32-26(23)38-27(3)7-8-27)20-5-4-19(11-21(20)28)37-14-22(36)30-12-17(2)35/h4-6,9-11,15,17,35H,7-8,12-14H2,1-3H3,(H,30,36)/t17-/m0/s1. The van der Waals surface area contributed by atoms with E-state index < -0.39 is 6.10 Å². The molecule has 198 valence electrons. The van der Waals surface area contributed by atoms with Gasteiger partial charge in [-0.15, -0.1) is 0 Å². The number of aryl methyl sites for hydroxylation is 1. The highest BCUT2D eigenvalue weighted by Crippen LogP contribution is 2.41. The lowest BCUT2D eigenvalue weighted by Gasteiger charge is -2.12. The number of nitrogens with zero attached hydrogens (tertiary/aromatic N) is 5. The predicted octanol–water partition coefficient (Wildman–Crippen LogP) is 3.71. The highest BCUT2D eigenvalue weighted by Gasteiger charge is 2.41. The number of benzene rings is 1. The molecule has 0 unspecified atom stereocenters. The van der Waals surface area contributed by atoms with Gasteiger partial charge < -0.3 is 24.5 Å². The van der Waals surface area contributed by atoms with Crippen molar-refractivity contribution in [2.24, 2.45) is 0 Å². The van der Waals surface area contributed by atoms with E-state index in [1.165, 1.54) is 6.33 Å². The number of aliphatic hydroxyl groups excluding tert-OH is 1. The van der Waals surface area contributed by atoms with E-state index in [-0.39, 0.29) is 24.7 Å². The number of imidazole rings is 1. The molecular formula is C27H29ClN6O4. The number of rotatable bonds is 10. The van der Waals surface area contributed by atoms with Gasteiger partial charge in [0.1, 0.15) is 23.5 Å². The van der Waals surface area contributed by atoms with Crippen molar-refractivity contribution >= 4 is 28.7 Å². The van der Waals surface area contributed by atoms with Crippen LogP contribution >= 0.6 is 11.6 Å². The Morgan fingerprint density at radius 3 is 2.76 bits per heavy atom. The highest BCUT2D eigenvalue weighted by molar-refractivity contribution is 6.33. The molecule has 2 N–H and O–H groups in total. The first-order valence-electron chi connectivity index (χ1n) is 12.4. The second kappa shape index (κ2) is 10.5. The third-order valence-electron chi connectivity index (χ3n) is 6.23. The lowest BCUT2D eigenvalue weighted by atomic mass is 10.2. The molecule has 11 heteroatoms. The predicted molar refractivity (Wildman–Crippen MR) is 142 cm³/mol. The van der Waals surface area contributed by atoms with Crippen LogP contribution in [0.25, 0.3) is 22.6 Å². The van der Waals surface area contributed by atoms with Gasteiger partial charge in [0.15, 0.2) is 17.8 Å². The number of hydrogen-bond acceptors (Lipinski definition) is 8. The molecule has 1 saturated carbocycles. The molecule has 5 rings (SSSR count). The summed E-state index contributed by atoms with van der Waals surface area (Å²) in [7, 11) is 0. The largest absolute Gasteiger partial charge is 0.484 e. The summed E-state index contributed by atoms with van der Waals surface area (Å²) in [6.45, 7) is 6.03. The van der Waals surface area contributed by atoms with Gasteiger partial charge in [0, 0.05) is 18.3 Å². The Morgan fingerprint density at radius 1 is 1.24 bits per heavy atom. The summed E-state index contributed by atoms with van der Waals surface area (Å²) < 4.78 is 13.7. The second-order valence-corrected chi connectivity index (χ2v) is 10.2. The molecule has 38 heavy (non-hydrogen) atoms. The van der Waals surface area contributed by atoms with Crippen molar-refractivity contribution in [3.8, 4) is 23.0 Å². The van der Waals surface area contributed by atoms with Crippen molar-refractivity contribution in [2.75, 3.05) is 13.2 Å². The van der Waals surface area contributed by atoms with E-state index in [2.05, 4.69) is 27.2 Å². The molecule has 10 nitrogen and oxygen atoms in total. The average molecular weight is 537 g/mol. The van der Waals surface area contributed by atoms with Crippen molar-refractivity contribution in [3.63, 3.8) is 0 Å². The van der Waals surface area contributed by atoms with Gasteiger partial charge in [-0.3, -0.25) is 9.78 Å². The monoisotopic (exact) mass is 536 g/mol. The maximum absolute atomic E-state index is 11.9. The molecule has 1 aliphatic carbocycles. The van der Waals surface area contributed by atoms with Crippen LogP contribution in [0.5, 0.6) is 11.6 Å². The molecule has 0 bridgehead atoms. The van der Waals surface area contributed by atoms with Crippen LogP contribution in [0.3, 0.4) is 0 Å². The number of aromatic nitrogens is 5. The number of carbonyl (C=O) groups excluding carboxylic acids is 1. The summed E-state index contributed by atoms with van der Waals surface area (Å²) in [5.74, 6) is 1.11. The lowest BCUT2D eigenvalue weighted by Crippen LogP contribution is -2.34. The molecule has 1 aromatic carbocycles. The molecule has 0 radical (unpaired) electrons. The Bertz CT molecular complexity index is 1480. The van der Waals surface area contributed by atoms with Crippen LogP contribution in [0, 0.1) is 6.92 Å². The fourth-order valence-corrected chi connectivity index (χ4v) is 4.19. The van der Waals surface area contributed by atoms with Gasteiger partial charge in [-0.05, 0) is 69.5 Å². The normalized spacial score (nSPS) is 14.8. The van der Waals surface area contributed by atoms with Crippen LogP contribution in [-0.2, 0) is 11.3 Å². The summed E-state index contributed by atoms with van der Waals surface area (Å²) >= 11 is 6.72. The molecule has 1 amide bonds. The number of nitrogens with one attached hydrogen (secondary N) is 1. The van der Waals surface area contributed by atoms with Gasteiger partial charge >= 0.3 is 0 Å². The van der Waals surface area contributed by atoms with Crippen molar-refractivity contribution < 1.29 is 19.4 Å². The van der Waals surface area contributed by atoms with E-state index in [0.29, 0.717) is 45.7 Å². The summed E-state index contributed by atoms with van der Waals surface area (Å²) in [5, 5.41) is 12.3.